The summed E-state index contributed by atoms with van der Waals surface area (Å²) in [5.74, 6) is -1.93. The van der Waals surface area contributed by atoms with Crippen molar-refractivity contribution < 1.29 is 14.0 Å². The molecule has 0 radical (unpaired) electrons. The first-order valence-electron chi connectivity index (χ1n) is 6.07. The third-order valence-electron chi connectivity index (χ3n) is 3.29. The molecule has 1 amide bonds. The van der Waals surface area contributed by atoms with Crippen LogP contribution in [0.1, 0.15) is 15.9 Å². The number of fused-ring (bicyclic) bond motifs is 1. The van der Waals surface area contributed by atoms with E-state index in [4.69, 9.17) is 23.2 Å². The van der Waals surface area contributed by atoms with Gasteiger partial charge in [-0.1, -0.05) is 35.3 Å². The Hall–Kier alpha value is -1.91. The number of hydrogen-bond donors (Lipinski definition) is 0. The SMILES string of the molecule is O=C1C(=O)N(Cc2cccc(Cl)c2F)c2cc(Cl)ccc21. The molecule has 21 heavy (non-hydrogen) atoms. The standard InChI is InChI=1S/C15H8Cl2FNO2/c16-9-4-5-10-12(6-9)19(15(21)14(10)20)7-8-2-1-3-11(17)13(8)18/h1-6H,7H2. The van der Waals surface area contributed by atoms with Crippen molar-refractivity contribution in [2.75, 3.05) is 4.90 Å². The van der Waals surface area contributed by atoms with Gasteiger partial charge in [-0.3, -0.25) is 9.59 Å². The first kappa shape index (κ1) is 14.0. The lowest BCUT2D eigenvalue weighted by Crippen LogP contribution is -2.29. The molecule has 3 rings (SSSR count). The number of carbonyl (C=O) groups is 2. The van der Waals surface area contributed by atoms with E-state index in [0.717, 1.165) is 0 Å². The van der Waals surface area contributed by atoms with E-state index in [1.165, 1.54) is 35.2 Å². The second kappa shape index (κ2) is 5.13. The molecule has 3 nitrogen and oxygen atoms in total. The summed E-state index contributed by atoms with van der Waals surface area (Å²) in [6.45, 7) is -0.0791. The molecule has 0 spiro atoms. The van der Waals surface area contributed by atoms with Crippen LogP contribution < -0.4 is 4.90 Å². The Bertz CT molecular complexity index is 776. The lowest BCUT2D eigenvalue weighted by Gasteiger charge is -2.17. The summed E-state index contributed by atoms with van der Waals surface area (Å²) in [6.07, 6.45) is 0. The van der Waals surface area contributed by atoms with Crippen LogP contribution in [-0.4, -0.2) is 11.7 Å². The van der Waals surface area contributed by atoms with Crippen LogP contribution in [0, 0.1) is 5.82 Å². The van der Waals surface area contributed by atoms with E-state index in [1.807, 2.05) is 0 Å². The third kappa shape index (κ3) is 2.30. The van der Waals surface area contributed by atoms with E-state index in [0.29, 0.717) is 10.7 Å². The highest BCUT2D eigenvalue weighted by Crippen LogP contribution is 2.33. The number of nitrogens with zero attached hydrogens (tertiary/aromatic N) is 1. The van der Waals surface area contributed by atoms with Crippen LogP contribution in [-0.2, 0) is 11.3 Å². The van der Waals surface area contributed by atoms with Crippen LogP contribution in [0.3, 0.4) is 0 Å². The Morgan fingerprint density at radius 1 is 1.10 bits per heavy atom. The summed E-state index contributed by atoms with van der Waals surface area (Å²) in [5.41, 5.74) is 0.889. The average Bonchev–Trinajstić information content (AvgIpc) is 2.68. The molecule has 0 unspecified atom stereocenters. The van der Waals surface area contributed by atoms with Gasteiger partial charge in [0.2, 0.25) is 0 Å². The van der Waals surface area contributed by atoms with Gasteiger partial charge in [0.15, 0.2) is 0 Å². The molecule has 1 aliphatic heterocycles. The van der Waals surface area contributed by atoms with Gasteiger partial charge in [0.05, 0.1) is 22.8 Å². The second-order valence-corrected chi connectivity index (χ2v) is 5.44. The van der Waals surface area contributed by atoms with Crippen molar-refractivity contribution in [1.29, 1.82) is 0 Å². The number of anilines is 1. The van der Waals surface area contributed by atoms with Crippen LogP contribution in [0.15, 0.2) is 36.4 Å². The minimum absolute atomic E-state index is 0.0307. The first-order valence-corrected chi connectivity index (χ1v) is 6.83. The predicted octanol–water partition coefficient (Wildman–Crippen LogP) is 3.86. The second-order valence-electron chi connectivity index (χ2n) is 4.59. The summed E-state index contributed by atoms with van der Waals surface area (Å²) in [7, 11) is 0. The van der Waals surface area contributed by atoms with Crippen molar-refractivity contribution in [2.24, 2.45) is 0 Å². The normalized spacial score (nSPS) is 13.8. The minimum atomic E-state index is -0.702. The van der Waals surface area contributed by atoms with E-state index >= 15 is 0 Å². The van der Waals surface area contributed by atoms with Crippen molar-refractivity contribution in [3.8, 4) is 0 Å². The number of Topliss-reactive ketones (excluding diaryl/α,β-unsaturated/α-hetero) is 1. The van der Waals surface area contributed by atoms with Crippen molar-refractivity contribution in [3.05, 3.63) is 63.4 Å². The highest BCUT2D eigenvalue weighted by molar-refractivity contribution is 6.52. The molecule has 6 heteroatoms. The molecule has 0 bridgehead atoms. The van der Waals surface area contributed by atoms with Gasteiger partial charge in [-0.2, -0.15) is 0 Å². The molecule has 106 valence electrons. The Morgan fingerprint density at radius 2 is 1.86 bits per heavy atom. The van der Waals surface area contributed by atoms with Gasteiger partial charge >= 0.3 is 0 Å². The highest BCUT2D eigenvalue weighted by Gasteiger charge is 2.36. The number of hydrogen-bond acceptors (Lipinski definition) is 2. The lowest BCUT2D eigenvalue weighted by atomic mass is 10.1. The van der Waals surface area contributed by atoms with Crippen LogP contribution >= 0.6 is 23.2 Å². The first-order chi connectivity index (χ1) is 9.99. The molecule has 0 aliphatic carbocycles. The Balaban J connectivity index is 2.04. The average molecular weight is 324 g/mol. The molecule has 2 aromatic rings. The molecular weight excluding hydrogens is 316 g/mol. The van der Waals surface area contributed by atoms with Crippen molar-refractivity contribution in [2.45, 2.75) is 6.54 Å². The van der Waals surface area contributed by atoms with Gasteiger partial charge in [-0.05, 0) is 24.3 Å². The van der Waals surface area contributed by atoms with Crippen molar-refractivity contribution in [3.63, 3.8) is 0 Å². The van der Waals surface area contributed by atoms with E-state index < -0.39 is 17.5 Å². The summed E-state index contributed by atoms with van der Waals surface area (Å²) in [4.78, 5) is 25.2. The monoisotopic (exact) mass is 323 g/mol. The molecule has 1 heterocycles. The van der Waals surface area contributed by atoms with Gasteiger partial charge in [0, 0.05) is 10.6 Å². The van der Waals surface area contributed by atoms with Crippen LogP contribution in [0.5, 0.6) is 0 Å². The van der Waals surface area contributed by atoms with Crippen molar-refractivity contribution in [1.82, 2.24) is 0 Å². The highest BCUT2D eigenvalue weighted by atomic mass is 35.5. The fourth-order valence-electron chi connectivity index (χ4n) is 2.27. The summed E-state index contributed by atoms with van der Waals surface area (Å²) < 4.78 is 14.0. The molecular formula is C15H8Cl2FNO2. The van der Waals surface area contributed by atoms with Gasteiger partial charge in [0.1, 0.15) is 5.82 Å². The topological polar surface area (TPSA) is 37.4 Å². The maximum absolute atomic E-state index is 14.0. The van der Waals surface area contributed by atoms with E-state index in [-0.39, 0.29) is 22.7 Å². The Labute approximate surface area is 129 Å². The number of rotatable bonds is 2. The minimum Gasteiger partial charge on any atom is -0.300 e. The van der Waals surface area contributed by atoms with Gasteiger partial charge in [0.25, 0.3) is 11.7 Å². The molecule has 0 atom stereocenters. The number of benzene rings is 2. The van der Waals surface area contributed by atoms with E-state index in [1.54, 1.807) is 6.07 Å². The fourth-order valence-corrected chi connectivity index (χ4v) is 2.63. The molecule has 2 aromatic carbocycles. The summed E-state index contributed by atoms with van der Waals surface area (Å²) >= 11 is 11.6. The Morgan fingerprint density at radius 3 is 2.62 bits per heavy atom. The zero-order chi connectivity index (χ0) is 15.1. The van der Waals surface area contributed by atoms with E-state index in [9.17, 15) is 14.0 Å². The maximum atomic E-state index is 14.0. The molecule has 1 aliphatic rings. The predicted molar refractivity (Wildman–Crippen MR) is 78.4 cm³/mol. The number of carbonyl (C=O) groups excluding carboxylic acids is 2. The zero-order valence-corrected chi connectivity index (χ0v) is 12.1. The molecule has 0 saturated heterocycles. The van der Waals surface area contributed by atoms with Crippen LogP contribution in [0.4, 0.5) is 10.1 Å². The molecule has 0 aromatic heterocycles. The largest absolute Gasteiger partial charge is 0.300 e. The fraction of sp³-hybridized carbons (Fsp3) is 0.0667. The zero-order valence-electron chi connectivity index (χ0n) is 10.6. The number of amides is 1. The van der Waals surface area contributed by atoms with E-state index in [2.05, 4.69) is 0 Å². The smallest absolute Gasteiger partial charge is 0.299 e. The molecule has 0 fully saturated rings. The van der Waals surface area contributed by atoms with Gasteiger partial charge < -0.3 is 4.90 Å². The van der Waals surface area contributed by atoms with Crippen molar-refractivity contribution >= 4 is 40.6 Å². The quantitative estimate of drug-likeness (QED) is 0.787. The molecule has 0 N–H and O–H groups in total. The van der Waals surface area contributed by atoms with Crippen LogP contribution in [0.2, 0.25) is 10.0 Å². The third-order valence-corrected chi connectivity index (χ3v) is 3.82. The Kier molecular flexibility index (Phi) is 3.43. The molecule has 0 saturated carbocycles. The summed E-state index contributed by atoms with van der Waals surface area (Å²) in [6, 6.07) is 9.06. The van der Waals surface area contributed by atoms with Gasteiger partial charge in [-0.25, -0.2) is 4.39 Å². The number of halogens is 3. The maximum Gasteiger partial charge on any atom is 0.299 e. The summed E-state index contributed by atoms with van der Waals surface area (Å²) in [5, 5.41) is 0.365. The lowest BCUT2D eigenvalue weighted by molar-refractivity contribution is -0.114. The number of ketones is 1. The van der Waals surface area contributed by atoms with Crippen LogP contribution in [0.25, 0.3) is 0 Å². The van der Waals surface area contributed by atoms with Gasteiger partial charge in [-0.15, -0.1) is 0 Å².